The summed E-state index contributed by atoms with van der Waals surface area (Å²) in [6, 6.07) is 5.93. The summed E-state index contributed by atoms with van der Waals surface area (Å²) in [5, 5.41) is 0.908. The molecule has 1 aromatic heterocycles. The molecule has 1 aromatic carbocycles. The summed E-state index contributed by atoms with van der Waals surface area (Å²) in [6.45, 7) is 4.11. The van der Waals surface area contributed by atoms with Crippen LogP contribution < -0.4 is 4.74 Å². The summed E-state index contributed by atoms with van der Waals surface area (Å²) in [7, 11) is 0. The number of benzene rings is 1. The van der Waals surface area contributed by atoms with Crippen molar-refractivity contribution in [3.05, 3.63) is 45.7 Å². The van der Waals surface area contributed by atoms with Crippen molar-refractivity contribution >= 4 is 17.1 Å². The molecule has 0 saturated carbocycles. The highest BCUT2D eigenvalue weighted by Gasteiger charge is 2.14. The van der Waals surface area contributed by atoms with Gasteiger partial charge in [-0.05, 0) is 30.7 Å². The molecule has 0 atom stereocenters. The fourth-order valence-corrected chi connectivity index (χ4v) is 2.96. The van der Waals surface area contributed by atoms with Gasteiger partial charge in [-0.3, -0.25) is 4.79 Å². The number of carbonyl (C=O) groups is 1. The van der Waals surface area contributed by atoms with Crippen LogP contribution in [0.4, 0.5) is 4.39 Å². The van der Waals surface area contributed by atoms with E-state index < -0.39 is 0 Å². The van der Waals surface area contributed by atoms with E-state index in [-0.39, 0.29) is 11.6 Å². The van der Waals surface area contributed by atoms with Gasteiger partial charge in [0.05, 0.1) is 22.2 Å². The molecule has 0 radical (unpaired) electrons. The first-order valence-corrected chi connectivity index (χ1v) is 7.79. The van der Waals surface area contributed by atoms with E-state index in [9.17, 15) is 9.18 Å². The normalized spacial score (nSPS) is 10.6. The Balaban J connectivity index is 1.95. The Bertz CT molecular complexity index is 607. The molecule has 112 valence electrons. The number of ketones is 1. The van der Waals surface area contributed by atoms with Gasteiger partial charge >= 0.3 is 0 Å². The topological polar surface area (TPSA) is 39.2 Å². The van der Waals surface area contributed by atoms with Crippen LogP contribution in [0.15, 0.2) is 24.3 Å². The highest BCUT2D eigenvalue weighted by atomic mass is 32.1. The third-order valence-electron chi connectivity index (χ3n) is 2.95. The van der Waals surface area contributed by atoms with Crippen LogP contribution in [0.3, 0.4) is 0 Å². The summed E-state index contributed by atoms with van der Waals surface area (Å²) < 4.78 is 18.3. The van der Waals surface area contributed by atoms with Crippen LogP contribution >= 0.6 is 11.3 Å². The molecule has 0 aliphatic heterocycles. The second kappa shape index (κ2) is 7.31. The third kappa shape index (κ3) is 4.36. The maximum Gasteiger partial charge on any atom is 0.171 e. The first kappa shape index (κ1) is 15.6. The van der Waals surface area contributed by atoms with Crippen LogP contribution in [0.5, 0.6) is 5.75 Å². The van der Waals surface area contributed by atoms with Crippen molar-refractivity contribution in [3.8, 4) is 5.75 Å². The Labute approximate surface area is 127 Å². The molecule has 0 aliphatic carbocycles. The van der Waals surface area contributed by atoms with E-state index in [0.717, 1.165) is 28.4 Å². The number of carbonyl (C=O) groups excluding carboxylic acids is 1. The summed E-state index contributed by atoms with van der Waals surface area (Å²) in [5.74, 6) is 0.424. The van der Waals surface area contributed by atoms with E-state index in [4.69, 9.17) is 4.74 Å². The molecule has 3 nitrogen and oxygen atoms in total. The monoisotopic (exact) mass is 307 g/mol. The number of rotatable bonds is 7. The molecule has 1 heterocycles. The number of ether oxygens (including phenoxy) is 1. The fourth-order valence-electron chi connectivity index (χ4n) is 1.98. The van der Waals surface area contributed by atoms with Gasteiger partial charge in [0.2, 0.25) is 0 Å². The Morgan fingerprint density at radius 3 is 2.62 bits per heavy atom. The fraction of sp³-hybridized carbons (Fsp3) is 0.375. The zero-order valence-electron chi connectivity index (χ0n) is 12.2. The van der Waals surface area contributed by atoms with Gasteiger partial charge in [-0.25, -0.2) is 9.37 Å². The van der Waals surface area contributed by atoms with Crippen molar-refractivity contribution < 1.29 is 13.9 Å². The third-order valence-corrected chi connectivity index (χ3v) is 4.20. The van der Waals surface area contributed by atoms with Gasteiger partial charge in [-0.1, -0.05) is 13.3 Å². The number of aromatic nitrogens is 1. The van der Waals surface area contributed by atoms with Gasteiger partial charge < -0.3 is 4.74 Å². The molecule has 2 rings (SSSR count). The SMILES string of the molecule is CCCc1nc(CCOc2ccc(F)cc2)sc1C(C)=O. The lowest BCUT2D eigenvalue weighted by Gasteiger charge is -2.04. The maximum absolute atomic E-state index is 12.8. The number of hydrogen-bond acceptors (Lipinski definition) is 4. The number of hydrogen-bond donors (Lipinski definition) is 0. The smallest absolute Gasteiger partial charge is 0.171 e. The molecule has 21 heavy (non-hydrogen) atoms. The maximum atomic E-state index is 12.8. The lowest BCUT2D eigenvalue weighted by Crippen LogP contribution is -2.01. The molecular weight excluding hydrogens is 289 g/mol. The molecular formula is C16H18FNO2S. The second-order valence-corrected chi connectivity index (χ2v) is 5.83. The molecule has 0 N–H and O–H groups in total. The molecule has 0 bridgehead atoms. The Morgan fingerprint density at radius 2 is 2.00 bits per heavy atom. The Kier molecular flexibility index (Phi) is 5.44. The van der Waals surface area contributed by atoms with E-state index in [0.29, 0.717) is 18.8 Å². The molecule has 0 spiro atoms. The molecule has 0 unspecified atom stereocenters. The average molecular weight is 307 g/mol. The van der Waals surface area contributed by atoms with Crippen LogP contribution in [0.1, 0.15) is 40.6 Å². The lowest BCUT2D eigenvalue weighted by molar-refractivity contribution is 0.102. The second-order valence-electron chi connectivity index (χ2n) is 4.74. The highest BCUT2D eigenvalue weighted by Crippen LogP contribution is 2.21. The van der Waals surface area contributed by atoms with Gasteiger partial charge in [0, 0.05) is 13.3 Å². The quantitative estimate of drug-likeness (QED) is 0.724. The predicted molar refractivity (Wildman–Crippen MR) is 81.7 cm³/mol. The van der Waals surface area contributed by atoms with Crippen molar-refractivity contribution in [1.29, 1.82) is 0 Å². The Morgan fingerprint density at radius 1 is 1.29 bits per heavy atom. The summed E-state index contributed by atoms with van der Waals surface area (Å²) in [4.78, 5) is 16.9. The van der Waals surface area contributed by atoms with Crippen molar-refractivity contribution in [2.24, 2.45) is 0 Å². The largest absolute Gasteiger partial charge is 0.493 e. The minimum atomic E-state index is -0.280. The van der Waals surface area contributed by atoms with Gasteiger partial charge in [0.25, 0.3) is 0 Å². The number of aryl methyl sites for hydroxylation is 1. The number of halogens is 1. The van der Waals surface area contributed by atoms with Crippen LogP contribution in [-0.4, -0.2) is 17.4 Å². The standard InChI is InChI=1S/C16H18FNO2S/c1-3-4-14-16(11(2)19)21-15(18-14)9-10-20-13-7-5-12(17)6-8-13/h5-8H,3-4,9-10H2,1-2H3. The summed E-state index contributed by atoms with van der Waals surface area (Å²) in [5.41, 5.74) is 0.895. The molecule has 0 aliphatic rings. The van der Waals surface area contributed by atoms with Crippen molar-refractivity contribution in [3.63, 3.8) is 0 Å². The zero-order valence-corrected chi connectivity index (χ0v) is 13.0. The van der Waals surface area contributed by atoms with E-state index in [1.807, 2.05) is 0 Å². The number of nitrogens with zero attached hydrogens (tertiary/aromatic N) is 1. The molecule has 2 aromatic rings. The molecule has 0 amide bonds. The average Bonchev–Trinajstić information content (AvgIpc) is 2.85. The minimum Gasteiger partial charge on any atom is -0.493 e. The summed E-state index contributed by atoms with van der Waals surface area (Å²) in [6.07, 6.45) is 2.44. The van der Waals surface area contributed by atoms with Gasteiger partial charge in [0.15, 0.2) is 5.78 Å². The van der Waals surface area contributed by atoms with Crippen LogP contribution in [0, 0.1) is 5.82 Å². The predicted octanol–water partition coefficient (Wildman–Crippen LogP) is 4.06. The van der Waals surface area contributed by atoms with Crippen LogP contribution in [0.2, 0.25) is 0 Å². The molecule has 5 heteroatoms. The van der Waals surface area contributed by atoms with E-state index in [1.54, 1.807) is 19.1 Å². The zero-order chi connectivity index (χ0) is 15.2. The van der Waals surface area contributed by atoms with Gasteiger partial charge in [-0.15, -0.1) is 11.3 Å². The molecule has 0 saturated heterocycles. The summed E-state index contributed by atoms with van der Waals surface area (Å²) >= 11 is 1.44. The molecule has 0 fully saturated rings. The van der Waals surface area contributed by atoms with E-state index in [2.05, 4.69) is 11.9 Å². The number of Topliss-reactive ketones (excluding diaryl/α,β-unsaturated/α-hetero) is 1. The lowest BCUT2D eigenvalue weighted by atomic mass is 10.2. The Hall–Kier alpha value is -1.75. The first-order chi connectivity index (χ1) is 10.1. The van der Waals surface area contributed by atoms with Crippen molar-refractivity contribution in [2.45, 2.75) is 33.1 Å². The van der Waals surface area contributed by atoms with Crippen LogP contribution in [-0.2, 0) is 12.8 Å². The minimum absolute atomic E-state index is 0.0710. The van der Waals surface area contributed by atoms with E-state index in [1.165, 1.54) is 23.5 Å². The van der Waals surface area contributed by atoms with Crippen LogP contribution in [0.25, 0.3) is 0 Å². The van der Waals surface area contributed by atoms with Crippen molar-refractivity contribution in [2.75, 3.05) is 6.61 Å². The first-order valence-electron chi connectivity index (χ1n) is 6.98. The van der Waals surface area contributed by atoms with Gasteiger partial charge in [0.1, 0.15) is 11.6 Å². The highest BCUT2D eigenvalue weighted by molar-refractivity contribution is 7.13. The van der Waals surface area contributed by atoms with E-state index >= 15 is 0 Å². The number of thiazole rings is 1. The van der Waals surface area contributed by atoms with Crippen molar-refractivity contribution in [1.82, 2.24) is 4.98 Å². The van der Waals surface area contributed by atoms with Gasteiger partial charge in [-0.2, -0.15) is 0 Å².